The summed E-state index contributed by atoms with van der Waals surface area (Å²) in [6.45, 7) is 2.23. The third-order valence-electron chi connectivity index (χ3n) is 8.70. The number of amides is 2. The van der Waals surface area contributed by atoms with Crippen LogP contribution in [0.2, 0.25) is 0 Å². The molecule has 0 radical (unpaired) electrons. The minimum absolute atomic E-state index is 0.0257. The molecule has 2 aromatic carbocycles. The molecule has 228 valence electrons. The Bertz CT molecular complexity index is 1300. The van der Waals surface area contributed by atoms with Gasteiger partial charge in [0, 0.05) is 38.3 Å². The van der Waals surface area contributed by atoms with Crippen molar-refractivity contribution in [1.82, 2.24) is 9.80 Å². The average Bonchev–Trinajstić information content (AvgIpc) is 3.74. The van der Waals surface area contributed by atoms with Gasteiger partial charge in [-0.15, -0.1) is 0 Å². The van der Waals surface area contributed by atoms with Crippen molar-refractivity contribution in [3.63, 3.8) is 0 Å². The summed E-state index contributed by atoms with van der Waals surface area (Å²) < 4.78 is 54.4. The molecule has 1 atom stereocenters. The van der Waals surface area contributed by atoms with E-state index in [1.807, 2.05) is 19.1 Å². The lowest BCUT2D eigenvalue weighted by atomic mass is 9.74. The molecule has 3 aliphatic rings. The van der Waals surface area contributed by atoms with Crippen LogP contribution in [0.1, 0.15) is 66.4 Å². The third-order valence-corrected chi connectivity index (χ3v) is 8.70. The van der Waals surface area contributed by atoms with Crippen LogP contribution in [0.3, 0.4) is 0 Å². The molecule has 7 nitrogen and oxygen atoms in total. The van der Waals surface area contributed by atoms with Gasteiger partial charge in [0.15, 0.2) is 0 Å². The first-order valence-electron chi connectivity index (χ1n) is 14.7. The fourth-order valence-corrected chi connectivity index (χ4v) is 6.00. The van der Waals surface area contributed by atoms with E-state index in [1.165, 1.54) is 12.1 Å². The summed E-state index contributed by atoms with van der Waals surface area (Å²) in [6.07, 6.45) is 0.458. The number of nitrogens with zero attached hydrogens (tertiary/aromatic N) is 2. The van der Waals surface area contributed by atoms with Crippen LogP contribution in [0.25, 0.3) is 0 Å². The van der Waals surface area contributed by atoms with Crippen molar-refractivity contribution in [2.45, 2.75) is 75.9 Å². The van der Waals surface area contributed by atoms with E-state index >= 15 is 0 Å². The molecule has 3 fully saturated rings. The van der Waals surface area contributed by atoms with Crippen molar-refractivity contribution < 1.29 is 37.3 Å². The molecule has 2 saturated carbocycles. The summed E-state index contributed by atoms with van der Waals surface area (Å²) in [5.74, 6) is 0.333. The van der Waals surface area contributed by atoms with E-state index in [9.17, 15) is 27.9 Å². The second-order valence-corrected chi connectivity index (χ2v) is 12.3. The largest absolute Gasteiger partial charge is 0.490 e. The Morgan fingerprint density at radius 2 is 1.57 bits per heavy atom. The summed E-state index contributed by atoms with van der Waals surface area (Å²) in [5.41, 5.74) is -2.64. The van der Waals surface area contributed by atoms with Crippen LogP contribution >= 0.6 is 0 Å². The first-order valence-corrected chi connectivity index (χ1v) is 14.7. The maximum Gasteiger partial charge on any atom is 0.430 e. The summed E-state index contributed by atoms with van der Waals surface area (Å²) in [5, 5.41) is 10.9. The Hall–Kier alpha value is -3.27. The Morgan fingerprint density at radius 3 is 2.17 bits per heavy atom. The maximum atomic E-state index is 14.2. The lowest BCUT2D eigenvalue weighted by molar-refractivity contribution is -0.262. The molecule has 2 aromatic rings. The van der Waals surface area contributed by atoms with E-state index in [0.717, 1.165) is 60.4 Å². The highest BCUT2D eigenvalue weighted by atomic mass is 19.4. The molecule has 2 amide bonds. The quantitative estimate of drug-likeness (QED) is 0.420. The normalized spacial score (nSPS) is 22.6. The zero-order valence-corrected chi connectivity index (χ0v) is 24.3. The number of likely N-dealkylation sites (tertiary alicyclic amines) is 1. The zero-order chi connectivity index (χ0) is 30.2. The number of alkyl halides is 3. The van der Waals surface area contributed by atoms with E-state index < -0.39 is 23.2 Å². The Labute approximate surface area is 244 Å². The van der Waals surface area contributed by atoms with E-state index in [-0.39, 0.29) is 37.0 Å². The van der Waals surface area contributed by atoms with Crippen molar-refractivity contribution in [2.75, 3.05) is 27.2 Å². The van der Waals surface area contributed by atoms with E-state index in [1.54, 1.807) is 25.1 Å². The summed E-state index contributed by atoms with van der Waals surface area (Å²) in [7, 11) is 3.44. The van der Waals surface area contributed by atoms with Crippen molar-refractivity contribution >= 4 is 11.8 Å². The van der Waals surface area contributed by atoms with Crippen LogP contribution in [0.15, 0.2) is 42.5 Å². The van der Waals surface area contributed by atoms with E-state index in [0.29, 0.717) is 30.2 Å². The number of rotatable bonds is 9. The molecule has 1 N–H and O–H groups in total. The minimum Gasteiger partial charge on any atom is -0.490 e. The molecule has 0 unspecified atom stereocenters. The van der Waals surface area contributed by atoms with Crippen molar-refractivity contribution in [3.8, 4) is 11.5 Å². The van der Waals surface area contributed by atoms with Gasteiger partial charge in [-0.3, -0.25) is 9.59 Å². The van der Waals surface area contributed by atoms with Gasteiger partial charge in [-0.25, -0.2) is 0 Å². The number of aryl methyl sites for hydroxylation is 1. The molecule has 42 heavy (non-hydrogen) atoms. The zero-order valence-electron chi connectivity index (χ0n) is 24.3. The molecule has 10 heteroatoms. The molecule has 5 rings (SSSR count). The van der Waals surface area contributed by atoms with Gasteiger partial charge in [-0.05, 0) is 99.6 Å². The summed E-state index contributed by atoms with van der Waals surface area (Å²) >= 11 is 0. The van der Waals surface area contributed by atoms with Crippen LogP contribution < -0.4 is 9.47 Å². The molecule has 1 aliphatic heterocycles. The van der Waals surface area contributed by atoms with Crippen LogP contribution in [-0.2, 0) is 10.4 Å². The molecule has 0 spiro atoms. The topological polar surface area (TPSA) is 79.3 Å². The summed E-state index contributed by atoms with van der Waals surface area (Å²) in [6, 6.07) is 10.7. The van der Waals surface area contributed by atoms with Crippen molar-refractivity contribution in [3.05, 3.63) is 59.2 Å². The number of benzene rings is 2. The van der Waals surface area contributed by atoms with Gasteiger partial charge in [0.25, 0.3) is 17.4 Å². The molecule has 2 aliphatic carbocycles. The van der Waals surface area contributed by atoms with Crippen molar-refractivity contribution in [1.29, 1.82) is 0 Å². The highest BCUT2D eigenvalue weighted by Crippen LogP contribution is 2.43. The maximum absolute atomic E-state index is 14.2. The lowest BCUT2D eigenvalue weighted by Gasteiger charge is -2.41. The van der Waals surface area contributed by atoms with Gasteiger partial charge in [-0.2, -0.15) is 13.2 Å². The Morgan fingerprint density at radius 1 is 0.929 bits per heavy atom. The number of ether oxygens (including phenoxy) is 2. The number of aliphatic hydroxyl groups is 1. The molecular formula is C32H39F3N2O5. The van der Waals surface area contributed by atoms with Gasteiger partial charge in [-0.1, -0.05) is 12.1 Å². The third kappa shape index (κ3) is 6.38. The first-order chi connectivity index (χ1) is 19.8. The Balaban J connectivity index is 1.12. The van der Waals surface area contributed by atoms with Crippen molar-refractivity contribution in [2.24, 2.45) is 11.8 Å². The first kappa shape index (κ1) is 30.2. The van der Waals surface area contributed by atoms with Gasteiger partial charge in [0.05, 0.1) is 12.2 Å². The van der Waals surface area contributed by atoms with Crippen LogP contribution in [0.5, 0.6) is 11.5 Å². The van der Waals surface area contributed by atoms with E-state index in [2.05, 4.69) is 0 Å². The molecule has 1 saturated heterocycles. The fraction of sp³-hybridized carbons (Fsp3) is 0.562. The predicted octanol–water partition coefficient (Wildman–Crippen LogP) is 5.47. The number of hydrogen-bond acceptors (Lipinski definition) is 5. The second-order valence-electron chi connectivity index (χ2n) is 12.3. The Kier molecular flexibility index (Phi) is 8.47. The molecular weight excluding hydrogens is 549 g/mol. The summed E-state index contributed by atoms with van der Waals surface area (Å²) in [4.78, 5) is 28.2. The van der Waals surface area contributed by atoms with Gasteiger partial charge in [0.2, 0.25) is 0 Å². The number of carbonyl (C=O) groups is 2. The SMILES string of the molecule is Cc1cc(O[C@H]2C[C@@H](CC3CCN(C(=O)[C@](O)(c4cccc(OC5CC5)c4)C(F)(F)F)CC3)C2)ccc1C(=O)N(C)C. The highest BCUT2D eigenvalue weighted by Gasteiger charge is 2.62. The van der Waals surface area contributed by atoms with Crippen LogP contribution in [0.4, 0.5) is 13.2 Å². The molecule has 0 aromatic heterocycles. The van der Waals surface area contributed by atoms with Crippen LogP contribution in [-0.4, -0.2) is 72.3 Å². The molecule has 0 bridgehead atoms. The van der Waals surface area contributed by atoms with Gasteiger partial charge < -0.3 is 24.4 Å². The lowest BCUT2D eigenvalue weighted by Crippen LogP contribution is -2.57. The number of piperidine rings is 1. The average molecular weight is 589 g/mol. The molecule has 1 heterocycles. The number of carbonyl (C=O) groups excluding carboxylic acids is 2. The standard InChI is InChI=1S/C32H39F3N2O5/c1-20-15-26(9-10-28(20)29(38)36(2)3)42-27-17-22(18-27)16-21-11-13-37(14-12-21)30(39)31(40,32(33,34)35)23-5-4-6-25(19-23)41-24-7-8-24/h4-6,9-10,15,19,21-22,24,27,40H,7-8,11-14,16-18H2,1-3H3/t22-,27+,31-/m1/s1. The van der Waals surface area contributed by atoms with Gasteiger partial charge in [0.1, 0.15) is 11.5 Å². The minimum atomic E-state index is -5.18. The smallest absolute Gasteiger partial charge is 0.430 e. The van der Waals surface area contributed by atoms with E-state index in [4.69, 9.17) is 9.47 Å². The van der Waals surface area contributed by atoms with Crippen LogP contribution in [0, 0.1) is 18.8 Å². The number of halogens is 3. The number of hydrogen-bond donors (Lipinski definition) is 1. The predicted molar refractivity (Wildman–Crippen MR) is 150 cm³/mol. The second kappa shape index (κ2) is 11.8. The van der Waals surface area contributed by atoms with Gasteiger partial charge >= 0.3 is 6.18 Å². The highest BCUT2D eigenvalue weighted by molar-refractivity contribution is 5.95. The monoisotopic (exact) mass is 588 g/mol. The fourth-order valence-electron chi connectivity index (χ4n) is 6.00.